The van der Waals surface area contributed by atoms with Crippen LogP contribution >= 0.6 is 0 Å². The highest BCUT2D eigenvalue weighted by Crippen LogP contribution is 2.47. The number of hydrogen-bond acceptors (Lipinski definition) is 3. The maximum atomic E-state index is 13.2. The van der Waals surface area contributed by atoms with Crippen LogP contribution < -0.4 is 5.32 Å². The van der Waals surface area contributed by atoms with Gasteiger partial charge >= 0.3 is 12.1 Å². The molecule has 1 unspecified atom stereocenters. The molecule has 1 amide bonds. The van der Waals surface area contributed by atoms with Crippen LogP contribution in [0.25, 0.3) is 0 Å². The summed E-state index contributed by atoms with van der Waals surface area (Å²) in [5.74, 6) is -1.75. The van der Waals surface area contributed by atoms with E-state index in [0.717, 1.165) is 23.6 Å². The third-order valence-electron chi connectivity index (χ3n) is 5.51. The molecule has 0 spiro atoms. The first-order chi connectivity index (χ1) is 12.4. The Morgan fingerprint density at radius 3 is 2.50 bits per heavy atom. The fraction of sp³-hybridized carbons (Fsp3) is 0.632. The van der Waals surface area contributed by atoms with Gasteiger partial charge in [-0.1, -0.05) is 30.3 Å². The predicted molar refractivity (Wildman–Crippen MR) is 91.8 cm³/mol. The predicted octanol–water partition coefficient (Wildman–Crippen LogP) is 2.95. The second-order valence-electron chi connectivity index (χ2n) is 7.43. The van der Waals surface area contributed by atoms with E-state index in [1.807, 2.05) is 30.3 Å². The van der Waals surface area contributed by atoms with E-state index in [0.29, 0.717) is 25.9 Å². The first-order valence-corrected chi connectivity index (χ1v) is 8.99. The minimum Gasteiger partial charge on any atom is -0.384 e. The summed E-state index contributed by atoms with van der Waals surface area (Å²) in [5.41, 5.74) is 0.564. The Labute approximate surface area is 151 Å². The molecule has 1 saturated carbocycles. The fourth-order valence-electron chi connectivity index (χ4n) is 4.06. The van der Waals surface area contributed by atoms with Crippen LogP contribution in [0.2, 0.25) is 0 Å². The lowest BCUT2D eigenvalue weighted by Crippen LogP contribution is -2.52. The molecule has 144 valence electrons. The highest BCUT2D eigenvalue weighted by Gasteiger charge is 2.53. The molecule has 1 aromatic rings. The van der Waals surface area contributed by atoms with Crippen LogP contribution in [0.4, 0.5) is 13.2 Å². The van der Waals surface area contributed by atoms with Crippen LogP contribution in [0.15, 0.2) is 30.3 Å². The molecule has 0 aromatic heterocycles. The van der Waals surface area contributed by atoms with Crippen LogP contribution in [0.1, 0.15) is 30.7 Å². The van der Waals surface area contributed by atoms with Gasteiger partial charge in [-0.3, -0.25) is 4.79 Å². The molecule has 2 aliphatic rings. The van der Waals surface area contributed by atoms with Crippen molar-refractivity contribution < 1.29 is 22.7 Å². The normalized spacial score (nSPS) is 24.9. The second kappa shape index (κ2) is 7.56. The Kier molecular flexibility index (Phi) is 5.58. The molecule has 1 aliphatic heterocycles. The standard InChI is InChI=1S/C19H25F3N2O2/c1-26-13-18(7-9-23-10-8-18)12-24(17(25)19(20,21)22)16-11-15(16)14-5-3-2-4-6-14/h2-6,15-16,23H,7-13H2,1H3/t15?,16-/m1/s1. The molecule has 7 heteroatoms. The van der Waals surface area contributed by atoms with E-state index < -0.39 is 23.5 Å². The van der Waals surface area contributed by atoms with E-state index in [-0.39, 0.29) is 12.5 Å². The van der Waals surface area contributed by atoms with Gasteiger partial charge in [0.15, 0.2) is 0 Å². The number of piperidine rings is 1. The zero-order chi connectivity index (χ0) is 18.8. The van der Waals surface area contributed by atoms with Crippen molar-refractivity contribution in [2.75, 3.05) is 33.4 Å². The summed E-state index contributed by atoms with van der Waals surface area (Å²) in [5, 5.41) is 3.23. The number of carbonyl (C=O) groups is 1. The van der Waals surface area contributed by atoms with Gasteiger partial charge in [0.2, 0.25) is 0 Å². The molecule has 3 rings (SSSR count). The Morgan fingerprint density at radius 2 is 1.92 bits per heavy atom. The van der Waals surface area contributed by atoms with Crippen molar-refractivity contribution in [2.24, 2.45) is 5.41 Å². The number of amides is 1. The van der Waals surface area contributed by atoms with Gasteiger partial charge < -0.3 is 15.0 Å². The summed E-state index contributed by atoms with van der Waals surface area (Å²) in [4.78, 5) is 13.3. The van der Waals surface area contributed by atoms with Crippen LogP contribution in [0, 0.1) is 5.41 Å². The number of benzene rings is 1. The van der Waals surface area contributed by atoms with E-state index in [1.165, 1.54) is 0 Å². The molecule has 1 heterocycles. The van der Waals surface area contributed by atoms with Crippen molar-refractivity contribution in [3.63, 3.8) is 0 Å². The minimum absolute atomic E-state index is 0.0242. The number of hydrogen-bond donors (Lipinski definition) is 1. The number of carbonyl (C=O) groups excluding carboxylic acids is 1. The van der Waals surface area contributed by atoms with E-state index >= 15 is 0 Å². The van der Waals surface area contributed by atoms with Crippen molar-refractivity contribution in [1.29, 1.82) is 0 Å². The maximum absolute atomic E-state index is 13.2. The van der Waals surface area contributed by atoms with Crippen molar-refractivity contribution in [3.05, 3.63) is 35.9 Å². The Balaban J connectivity index is 1.81. The average molecular weight is 370 g/mol. The molecule has 4 nitrogen and oxygen atoms in total. The highest BCUT2D eigenvalue weighted by atomic mass is 19.4. The molecule has 0 bridgehead atoms. The summed E-state index contributed by atoms with van der Waals surface area (Å²) in [6.45, 7) is 1.91. The van der Waals surface area contributed by atoms with Crippen molar-refractivity contribution >= 4 is 5.91 Å². The summed E-state index contributed by atoms with van der Waals surface area (Å²) in [7, 11) is 1.56. The Hall–Kier alpha value is -1.60. The second-order valence-corrected chi connectivity index (χ2v) is 7.43. The topological polar surface area (TPSA) is 41.6 Å². The zero-order valence-electron chi connectivity index (χ0n) is 14.9. The number of ether oxygens (including phenoxy) is 1. The van der Waals surface area contributed by atoms with Crippen LogP contribution in [-0.4, -0.2) is 56.4 Å². The van der Waals surface area contributed by atoms with Gasteiger partial charge in [0, 0.05) is 31.0 Å². The molecule has 2 atom stereocenters. The SMILES string of the molecule is COCC1(CN(C(=O)C(F)(F)F)[C@@H]2CC2c2ccccc2)CCNCC1. The van der Waals surface area contributed by atoms with Gasteiger partial charge in [-0.25, -0.2) is 0 Å². The summed E-state index contributed by atoms with van der Waals surface area (Å²) < 4.78 is 45.1. The van der Waals surface area contributed by atoms with E-state index in [1.54, 1.807) is 7.11 Å². The molecular formula is C19H25F3N2O2. The number of rotatable bonds is 6. The molecular weight excluding hydrogens is 345 g/mol. The van der Waals surface area contributed by atoms with E-state index in [9.17, 15) is 18.0 Å². The third kappa shape index (κ3) is 4.20. The van der Waals surface area contributed by atoms with Crippen molar-refractivity contribution in [3.8, 4) is 0 Å². The van der Waals surface area contributed by atoms with Crippen LogP contribution in [0.3, 0.4) is 0 Å². The number of nitrogens with one attached hydrogen (secondary N) is 1. The van der Waals surface area contributed by atoms with Gasteiger partial charge in [0.25, 0.3) is 0 Å². The average Bonchev–Trinajstić information content (AvgIpc) is 3.41. The van der Waals surface area contributed by atoms with Gasteiger partial charge in [0.05, 0.1) is 6.61 Å². The highest BCUT2D eigenvalue weighted by molar-refractivity contribution is 5.82. The van der Waals surface area contributed by atoms with E-state index in [2.05, 4.69) is 5.32 Å². The van der Waals surface area contributed by atoms with Crippen molar-refractivity contribution in [2.45, 2.75) is 37.4 Å². The Morgan fingerprint density at radius 1 is 1.27 bits per heavy atom. The third-order valence-corrected chi connectivity index (χ3v) is 5.51. The lowest BCUT2D eigenvalue weighted by molar-refractivity contribution is -0.188. The summed E-state index contributed by atoms with van der Waals surface area (Å²) >= 11 is 0. The molecule has 2 fully saturated rings. The summed E-state index contributed by atoms with van der Waals surface area (Å²) in [6.07, 6.45) is -2.88. The largest absolute Gasteiger partial charge is 0.471 e. The molecule has 1 saturated heterocycles. The molecule has 1 aliphatic carbocycles. The maximum Gasteiger partial charge on any atom is 0.471 e. The first-order valence-electron chi connectivity index (χ1n) is 8.99. The van der Waals surface area contributed by atoms with Crippen LogP contribution in [-0.2, 0) is 9.53 Å². The van der Waals surface area contributed by atoms with Gasteiger partial charge in [0.1, 0.15) is 0 Å². The van der Waals surface area contributed by atoms with Crippen molar-refractivity contribution in [1.82, 2.24) is 10.2 Å². The first kappa shape index (κ1) is 19.2. The molecule has 1 N–H and O–H groups in total. The molecule has 26 heavy (non-hydrogen) atoms. The number of halogens is 3. The van der Waals surface area contributed by atoms with E-state index in [4.69, 9.17) is 4.74 Å². The summed E-state index contributed by atoms with van der Waals surface area (Å²) in [6, 6.07) is 9.06. The number of methoxy groups -OCH3 is 1. The quantitative estimate of drug-likeness (QED) is 0.837. The Bertz CT molecular complexity index is 609. The molecule has 1 aromatic carbocycles. The monoisotopic (exact) mass is 370 g/mol. The zero-order valence-corrected chi connectivity index (χ0v) is 14.9. The fourth-order valence-corrected chi connectivity index (χ4v) is 4.06. The van der Waals surface area contributed by atoms with Crippen LogP contribution in [0.5, 0.6) is 0 Å². The van der Waals surface area contributed by atoms with Gasteiger partial charge in [-0.15, -0.1) is 0 Å². The molecule has 0 radical (unpaired) electrons. The smallest absolute Gasteiger partial charge is 0.384 e. The number of nitrogens with zero attached hydrogens (tertiary/aromatic N) is 1. The van der Waals surface area contributed by atoms with Gasteiger partial charge in [-0.2, -0.15) is 13.2 Å². The minimum atomic E-state index is -4.86. The number of alkyl halides is 3. The lowest BCUT2D eigenvalue weighted by atomic mass is 9.79. The van der Waals surface area contributed by atoms with Gasteiger partial charge in [-0.05, 0) is 37.9 Å². The lowest BCUT2D eigenvalue weighted by Gasteiger charge is -2.41.